The van der Waals surface area contributed by atoms with Crippen molar-refractivity contribution in [2.75, 3.05) is 0 Å². The van der Waals surface area contributed by atoms with E-state index in [-0.39, 0.29) is 35.7 Å². The molecule has 2 rings (SSSR count). The first kappa shape index (κ1) is 16.6. The number of hydrogen-bond donors (Lipinski definition) is 1. The normalized spacial score (nSPS) is 12.0. The van der Waals surface area contributed by atoms with Crippen LogP contribution < -0.4 is 5.32 Å². The number of aryl methyl sites for hydroxylation is 1. The lowest BCUT2D eigenvalue weighted by molar-refractivity contribution is -0.386. The van der Waals surface area contributed by atoms with Crippen LogP contribution in [0, 0.1) is 29.8 Å². The molecule has 1 amide bonds. The summed E-state index contributed by atoms with van der Waals surface area (Å²) in [5.41, 5.74) is 1.28. The summed E-state index contributed by atoms with van der Waals surface area (Å²) < 4.78 is 14.2. The van der Waals surface area contributed by atoms with Crippen molar-refractivity contribution in [1.82, 2.24) is 15.1 Å². The standard InChI is InChI=1S/C15H17FN4O3/c1-9(12-4-6-13(16)7-5-12)17-14(21)8-19-11(3)15(20(22)23)10(2)18-19/h4-7,9H,8H2,1-3H3,(H,17,21)/t9-/m1/s1. The van der Waals surface area contributed by atoms with E-state index in [4.69, 9.17) is 0 Å². The van der Waals surface area contributed by atoms with Gasteiger partial charge in [0.15, 0.2) is 0 Å². The number of benzene rings is 1. The highest BCUT2D eigenvalue weighted by molar-refractivity contribution is 5.76. The molecule has 8 heteroatoms. The molecule has 0 unspecified atom stereocenters. The van der Waals surface area contributed by atoms with Gasteiger partial charge in [-0.2, -0.15) is 5.10 Å². The van der Waals surface area contributed by atoms with Gasteiger partial charge < -0.3 is 5.32 Å². The summed E-state index contributed by atoms with van der Waals surface area (Å²) in [6.07, 6.45) is 0. The molecule has 0 aliphatic carbocycles. The highest BCUT2D eigenvalue weighted by Crippen LogP contribution is 2.21. The molecule has 0 bridgehead atoms. The van der Waals surface area contributed by atoms with E-state index in [1.165, 1.54) is 23.7 Å². The first-order valence-corrected chi connectivity index (χ1v) is 7.02. The minimum atomic E-state index is -0.507. The van der Waals surface area contributed by atoms with Crippen molar-refractivity contribution in [2.24, 2.45) is 0 Å². The van der Waals surface area contributed by atoms with Gasteiger partial charge in [0, 0.05) is 0 Å². The summed E-state index contributed by atoms with van der Waals surface area (Å²) in [6, 6.07) is 5.52. The number of amides is 1. The Morgan fingerprint density at radius 1 is 1.39 bits per heavy atom. The van der Waals surface area contributed by atoms with E-state index in [1.54, 1.807) is 26.0 Å². The van der Waals surface area contributed by atoms with Crippen molar-refractivity contribution in [3.05, 3.63) is 57.1 Å². The number of nitrogens with zero attached hydrogens (tertiary/aromatic N) is 3. The van der Waals surface area contributed by atoms with Crippen molar-refractivity contribution in [2.45, 2.75) is 33.4 Å². The van der Waals surface area contributed by atoms with Gasteiger partial charge in [-0.3, -0.25) is 19.6 Å². The summed E-state index contributed by atoms with van der Waals surface area (Å²) in [6.45, 7) is 4.73. The third-order valence-corrected chi connectivity index (χ3v) is 3.57. The molecule has 0 radical (unpaired) electrons. The predicted molar refractivity (Wildman–Crippen MR) is 81.3 cm³/mol. The zero-order chi connectivity index (χ0) is 17.1. The lowest BCUT2D eigenvalue weighted by Crippen LogP contribution is -2.30. The predicted octanol–water partition coefficient (Wildman–Crippen LogP) is 2.42. The molecule has 23 heavy (non-hydrogen) atoms. The van der Waals surface area contributed by atoms with Crippen LogP contribution in [0.15, 0.2) is 24.3 Å². The molecule has 0 aliphatic rings. The Labute approximate surface area is 132 Å². The van der Waals surface area contributed by atoms with E-state index in [0.29, 0.717) is 5.69 Å². The maximum absolute atomic E-state index is 12.9. The number of carbonyl (C=O) groups excluding carboxylic acids is 1. The topological polar surface area (TPSA) is 90.1 Å². The second kappa shape index (κ2) is 6.55. The highest BCUT2D eigenvalue weighted by atomic mass is 19.1. The van der Waals surface area contributed by atoms with E-state index in [9.17, 15) is 19.3 Å². The monoisotopic (exact) mass is 320 g/mol. The van der Waals surface area contributed by atoms with Gasteiger partial charge in [-0.25, -0.2) is 4.39 Å². The molecule has 0 saturated carbocycles. The number of nitro groups is 1. The average molecular weight is 320 g/mol. The van der Waals surface area contributed by atoms with Gasteiger partial charge in [0.25, 0.3) is 0 Å². The van der Waals surface area contributed by atoms with Crippen LogP contribution in [0.3, 0.4) is 0 Å². The molecule has 1 aromatic carbocycles. The number of aromatic nitrogens is 2. The van der Waals surface area contributed by atoms with E-state index >= 15 is 0 Å². The summed E-state index contributed by atoms with van der Waals surface area (Å²) in [5.74, 6) is -0.676. The van der Waals surface area contributed by atoms with Crippen LogP contribution >= 0.6 is 0 Å². The molecule has 1 N–H and O–H groups in total. The van der Waals surface area contributed by atoms with Crippen LogP contribution in [0.25, 0.3) is 0 Å². The van der Waals surface area contributed by atoms with Gasteiger partial charge in [0.1, 0.15) is 23.7 Å². The van der Waals surface area contributed by atoms with Gasteiger partial charge in [-0.05, 0) is 38.5 Å². The Morgan fingerprint density at radius 3 is 2.52 bits per heavy atom. The molecule has 1 atom stereocenters. The summed E-state index contributed by atoms with van der Waals surface area (Å²) in [7, 11) is 0. The number of hydrogen-bond acceptors (Lipinski definition) is 4. The molecule has 2 aromatic rings. The lowest BCUT2D eigenvalue weighted by atomic mass is 10.1. The fourth-order valence-electron chi connectivity index (χ4n) is 2.36. The lowest BCUT2D eigenvalue weighted by Gasteiger charge is -2.14. The molecule has 7 nitrogen and oxygen atoms in total. The molecule has 122 valence electrons. The highest BCUT2D eigenvalue weighted by Gasteiger charge is 2.23. The van der Waals surface area contributed by atoms with Gasteiger partial charge in [-0.1, -0.05) is 12.1 Å². The quantitative estimate of drug-likeness (QED) is 0.676. The Balaban J connectivity index is 2.06. The van der Waals surface area contributed by atoms with Crippen molar-refractivity contribution in [3.8, 4) is 0 Å². The number of carbonyl (C=O) groups is 1. The fraction of sp³-hybridized carbons (Fsp3) is 0.333. The molecule has 1 heterocycles. The molecular formula is C15H17FN4O3. The van der Waals surface area contributed by atoms with E-state index in [2.05, 4.69) is 10.4 Å². The van der Waals surface area contributed by atoms with Crippen molar-refractivity contribution < 1.29 is 14.1 Å². The first-order valence-electron chi connectivity index (χ1n) is 7.02. The SMILES string of the molecule is Cc1nn(CC(=O)N[C@H](C)c2ccc(F)cc2)c(C)c1[N+](=O)[O-]. The Morgan fingerprint density at radius 2 is 2.00 bits per heavy atom. The Hall–Kier alpha value is -2.77. The Kier molecular flexibility index (Phi) is 4.73. The van der Waals surface area contributed by atoms with Gasteiger partial charge in [-0.15, -0.1) is 0 Å². The first-order chi connectivity index (χ1) is 10.8. The number of rotatable bonds is 5. The van der Waals surface area contributed by atoms with Gasteiger partial charge >= 0.3 is 5.69 Å². The van der Waals surface area contributed by atoms with Crippen LogP contribution in [-0.2, 0) is 11.3 Å². The minimum Gasteiger partial charge on any atom is -0.348 e. The van der Waals surface area contributed by atoms with Crippen molar-refractivity contribution in [3.63, 3.8) is 0 Å². The molecule has 0 aliphatic heterocycles. The third kappa shape index (κ3) is 3.71. The van der Waals surface area contributed by atoms with Crippen LogP contribution in [0.1, 0.15) is 29.9 Å². The Bertz CT molecular complexity index is 740. The van der Waals surface area contributed by atoms with Crippen LogP contribution in [0.4, 0.5) is 10.1 Å². The second-order valence-corrected chi connectivity index (χ2v) is 5.27. The van der Waals surface area contributed by atoms with Gasteiger partial charge in [0.05, 0.1) is 11.0 Å². The smallest absolute Gasteiger partial charge is 0.312 e. The van der Waals surface area contributed by atoms with Crippen molar-refractivity contribution in [1.29, 1.82) is 0 Å². The molecule has 1 aromatic heterocycles. The zero-order valence-electron chi connectivity index (χ0n) is 13.0. The maximum Gasteiger partial charge on any atom is 0.312 e. The zero-order valence-corrected chi connectivity index (χ0v) is 13.0. The van der Waals surface area contributed by atoms with E-state index in [0.717, 1.165) is 5.56 Å². The van der Waals surface area contributed by atoms with Crippen LogP contribution in [-0.4, -0.2) is 20.6 Å². The van der Waals surface area contributed by atoms with E-state index in [1.807, 2.05) is 0 Å². The van der Waals surface area contributed by atoms with Crippen LogP contribution in [0.2, 0.25) is 0 Å². The summed E-state index contributed by atoms with van der Waals surface area (Å²) >= 11 is 0. The summed E-state index contributed by atoms with van der Waals surface area (Å²) in [5, 5.41) is 17.7. The number of nitrogens with one attached hydrogen (secondary N) is 1. The molecular weight excluding hydrogens is 303 g/mol. The number of halogens is 1. The summed E-state index contributed by atoms with van der Waals surface area (Å²) in [4.78, 5) is 22.5. The largest absolute Gasteiger partial charge is 0.348 e. The van der Waals surface area contributed by atoms with Crippen LogP contribution in [0.5, 0.6) is 0 Å². The average Bonchev–Trinajstić information content (AvgIpc) is 2.73. The molecule has 0 spiro atoms. The molecule has 0 saturated heterocycles. The minimum absolute atomic E-state index is 0.0793. The van der Waals surface area contributed by atoms with E-state index < -0.39 is 4.92 Å². The maximum atomic E-state index is 12.9. The fourth-order valence-corrected chi connectivity index (χ4v) is 2.36. The molecule has 0 fully saturated rings. The second-order valence-electron chi connectivity index (χ2n) is 5.27. The van der Waals surface area contributed by atoms with Crippen molar-refractivity contribution >= 4 is 11.6 Å². The van der Waals surface area contributed by atoms with Gasteiger partial charge in [0.2, 0.25) is 5.91 Å². The third-order valence-electron chi connectivity index (χ3n) is 3.57.